The predicted octanol–water partition coefficient (Wildman–Crippen LogP) is 4.15. The highest BCUT2D eigenvalue weighted by atomic mass is 31.2. The summed E-state index contributed by atoms with van der Waals surface area (Å²) in [6.07, 6.45) is 4.40. The zero-order valence-corrected chi connectivity index (χ0v) is 15.1. The minimum absolute atomic E-state index is 0.776. The number of hydrogen-bond acceptors (Lipinski definition) is 1. The van der Waals surface area contributed by atoms with Crippen molar-refractivity contribution in [3.63, 3.8) is 0 Å². The SMILES string of the molecule is O=C=CCCC[P+](c1ccccc1)(c1ccccc1)c1ccccc1. The van der Waals surface area contributed by atoms with Gasteiger partial charge in [-0.3, -0.25) is 0 Å². The molecule has 0 bridgehead atoms. The third-order valence-electron chi connectivity index (χ3n) is 4.52. The first-order valence-electron chi connectivity index (χ1n) is 8.62. The lowest BCUT2D eigenvalue weighted by atomic mass is 10.3. The summed E-state index contributed by atoms with van der Waals surface area (Å²) in [4.78, 5) is 10.6. The van der Waals surface area contributed by atoms with Crippen molar-refractivity contribution >= 4 is 29.1 Å². The van der Waals surface area contributed by atoms with E-state index in [9.17, 15) is 4.79 Å². The van der Waals surface area contributed by atoms with Crippen molar-refractivity contribution in [2.45, 2.75) is 12.8 Å². The van der Waals surface area contributed by atoms with Crippen LogP contribution in [0.3, 0.4) is 0 Å². The molecule has 0 N–H and O–H groups in total. The molecular formula is C23H22OP+. The van der Waals surface area contributed by atoms with Crippen LogP contribution in [0.25, 0.3) is 0 Å². The number of benzene rings is 3. The maximum atomic E-state index is 10.6. The van der Waals surface area contributed by atoms with E-state index in [2.05, 4.69) is 91.0 Å². The maximum absolute atomic E-state index is 10.6. The Kier molecular flexibility index (Phi) is 5.96. The van der Waals surface area contributed by atoms with Crippen molar-refractivity contribution in [3.05, 3.63) is 97.1 Å². The van der Waals surface area contributed by atoms with Gasteiger partial charge in [0.15, 0.2) is 0 Å². The van der Waals surface area contributed by atoms with Gasteiger partial charge in [0.1, 0.15) is 29.1 Å². The van der Waals surface area contributed by atoms with Crippen LogP contribution in [0.1, 0.15) is 12.8 Å². The van der Waals surface area contributed by atoms with Crippen molar-refractivity contribution in [2.24, 2.45) is 0 Å². The fraction of sp³-hybridized carbons (Fsp3) is 0.130. The summed E-state index contributed by atoms with van der Waals surface area (Å²) in [7, 11) is -1.74. The summed E-state index contributed by atoms with van der Waals surface area (Å²) < 4.78 is 0. The van der Waals surface area contributed by atoms with E-state index in [0.29, 0.717) is 0 Å². The smallest absolute Gasteiger partial charge is 0.120 e. The Morgan fingerprint density at radius 2 is 1.08 bits per heavy atom. The van der Waals surface area contributed by atoms with Gasteiger partial charge in [-0.05, 0) is 55.3 Å². The van der Waals surface area contributed by atoms with Gasteiger partial charge in [-0.25, -0.2) is 4.79 Å². The molecule has 2 heteroatoms. The summed E-state index contributed by atoms with van der Waals surface area (Å²) in [5.41, 5.74) is 0. The minimum atomic E-state index is -1.74. The molecular weight excluding hydrogens is 323 g/mol. The van der Waals surface area contributed by atoms with Crippen LogP contribution in [0.15, 0.2) is 97.1 Å². The molecule has 0 spiro atoms. The summed E-state index contributed by atoms with van der Waals surface area (Å²) in [6, 6.07) is 32.5. The first-order valence-corrected chi connectivity index (χ1v) is 10.6. The third kappa shape index (κ3) is 3.80. The zero-order valence-electron chi connectivity index (χ0n) is 14.2. The van der Waals surface area contributed by atoms with E-state index >= 15 is 0 Å². The van der Waals surface area contributed by atoms with Crippen LogP contribution in [0.2, 0.25) is 0 Å². The van der Waals surface area contributed by atoms with E-state index in [4.69, 9.17) is 0 Å². The molecule has 3 aromatic rings. The molecule has 0 atom stereocenters. The number of unbranched alkanes of at least 4 members (excludes halogenated alkanes) is 1. The number of allylic oxidation sites excluding steroid dienone is 1. The van der Waals surface area contributed by atoms with Crippen molar-refractivity contribution < 1.29 is 4.79 Å². The molecule has 0 aromatic heterocycles. The van der Waals surface area contributed by atoms with E-state index in [1.807, 2.05) is 5.94 Å². The lowest BCUT2D eigenvalue weighted by Gasteiger charge is -2.27. The minimum Gasteiger partial charge on any atom is -0.234 e. The highest BCUT2D eigenvalue weighted by molar-refractivity contribution is 7.95. The Balaban J connectivity index is 2.18. The largest absolute Gasteiger partial charge is 0.234 e. The molecule has 0 fully saturated rings. The molecule has 0 unspecified atom stereocenters. The standard InChI is InChI=1S/C23H22OP/c24-19-11-4-12-20-25(21-13-5-1-6-14-21,22-15-7-2-8-16-22)23-17-9-3-10-18-23/h1-3,5-11,13-18H,4,12,20H2/q+1. The summed E-state index contributed by atoms with van der Waals surface area (Å²) in [5, 5.41) is 4.17. The number of rotatable bonds is 7. The van der Waals surface area contributed by atoms with Gasteiger partial charge in [0, 0.05) is 0 Å². The average Bonchev–Trinajstić information content (AvgIpc) is 2.70. The lowest BCUT2D eigenvalue weighted by molar-refractivity contribution is 0.568. The Morgan fingerprint density at radius 1 is 0.680 bits per heavy atom. The monoisotopic (exact) mass is 345 g/mol. The van der Waals surface area contributed by atoms with E-state index < -0.39 is 7.26 Å². The van der Waals surface area contributed by atoms with Gasteiger partial charge >= 0.3 is 0 Å². The number of carbonyl (C=O) groups excluding carboxylic acids is 1. The van der Waals surface area contributed by atoms with Gasteiger partial charge in [0.05, 0.1) is 6.16 Å². The Labute approximate surface area is 150 Å². The van der Waals surface area contributed by atoms with Gasteiger partial charge in [0.2, 0.25) is 0 Å². The molecule has 0 saturated carbocycles. The van der Waals surface area contributed by atoms with Crippen molar-refractivity contribution in [1.82, 2.24) is 0 Å². The third-order valence-corrected chi connectivity index (χ3v) is 9.04. The van der Waals surface area contributed by atoms with Crippen LogP contribution in [0.4, 0.5) is 0 Å². The van der Waals surface area contributed by atoms with E-state index in [0.717, 1.165) is 19.0 Å². The molecule has 124 valence electrons. The molecule has 0 amide bonds. The van der Waals surface area contributed by atoms with Gasteiger partial charge in [-0.2, -0.15) is 0 Å². The highest BCUT2D eigenvalue weighted by Gasteiger charge is 2.44. The van der Waals surface area contributed by atoms with Crippen LogP contribution >= 0.6 is 7.26 Å². The van der Waals surface area contributed by atoms with E-state index in [-0.39, 0.29) is 0 Å². The molecule has 25 heavy (non-hydrogen) atoms. The molecule has 0 radical (unpaired) electrons. The van der Waals surface area contributed by atoms with E-state index in [1.54, 1.807) is 6.08 Å². The van der Waals surface area contributed by atoms with Crippen LogP contribution in [-0.4, -0.2) is 12.1 Å². The first-order chi connectivity index (χ1) is 12.4. The lowest BCUT2D eigenvalue weighted by Crippen LogP contribution is -2.33. The second-order valence-corrected chi connectivity index (χ2v) is 9.62. The molecule has 0 aliphatic heterocycles. The second-order valence-electron chi connectivity index (χ2n) is 6.00. The first kappa shape index (κ1) is 17.4. The molecule has 3 aromatic carbocycles. The van der Waals surface area contributed by atoms with Crippen LogP contribution in [0, 0.1) is 0 Å². The van der Waals surface area contributed by atoms with Crippen molar-refractivity contribution in [2.75, 3.05) is 6.16 Å². The molecule has 0 aliphatic rings. The van der Waals surface area contributed by atoms with Gasteiger partial charge < -0.3 is 0 Å². The quantitative estimate of drug-likeness (QED) is 0.357. The average molecular weight is 345 g/mol. The summed E-state index contributed by atoms with van der Waals surface area (Å²) >= 11 is 0. The van der Waals surface area contributed by atoms with E-state index in [1.165, 1.54) is 15.9 Å². The number of hydrogen-bond donors (Lipinski definition) is 0. The normalized spacial score (nSPS) is 10.9. The summed E-state index contributed by atoms with van der Waals surface area (Å²) in [6.45, 7) is 0. The van der Waals surface area contributed by atoms with Crippen LogP contribution in [-0.2, 0) is 4.79 Å². The highest BCUT2D eigenvalue weighted by Crippen LogP contribution is 2.55. The van der Waals surface area contributed by atoms with Crippen LogP contribution in [0.5, 0.6) is 0 Å². The van der Waals surface area contributed by atoms with Crippen LogP contribution < -0.4 is 15.9 Å². The topological polar surface area (TPSA) is 17.1 Å². The Bertz CT molecular complexity index is 725. The molecule has 1 nitrogen and oxygen atoms in total. The van der Waals surface area contributed by atoms with Gasteiger partial charge in [-0.1, -0.05) is 54.6 Å². The molecule has 0 aliphatic carbocycles. The van der Waals surface area contributed by atoms with Crippen molar-refractivity contribution in [3.8, 4) is 0 Å². The molecule has 3 rings (SSSR count). The second kappa shape index (κ2) is 8.58. The maximum Gasteiger partial charge on any atom is 0.120 e. The fourth-order valence-electron chi connectivity index (χ4n) is 3.37. The fourth-order valence-corrected chi connectivity index (χ4v) is 7.74. The van der Waals surface area contributed by atoms with Gasteiger partial charge in [-0.15, -0.1) is 0 Å². The van der Waals surface area contributed by atoms with Gasteiger partial charge in [0.25, 0.3) is 0 Å². The Morgan fingerprint density at radius 3 is 1.44 bits per heavy atom. The predicted molar refractivity (Wildman–Crippen MR) is 110 cm³/mol. The zero-order chi connectivity index (χ0) is 17.4. The molecule has 0 saturated heterocycles. The Hall–Kier alpha value is -2.46. The van der Waals surface area contributed by atoms with Crippen molar-refractivity contribution in [1.29, 1.82) is 0 Å². The summed E-state index contributed by atoms with van der Waals surface area (Å²) in [5.74, 6) is 1.91. The molecule has 0 heterocycles.